The zero-order chi connectivity index (χ0) is 14.7. The third-order valence-corrected chi connectivity index (χ3v) is 4.14. The Hall–Kier alpha value is -1.42. The fraction of sp³-hybridized carbons (Fsp3) is 0.562. The number of carbonyl (C=O) groups excluding carboxylic acids is 1. The zero-order valence-electron chi connectivity index (χ0n) is 12.4. The lowest BCUT2D eigenvalue weighted by Crippen LogP contribution is -2.41. The van der Waals surface area contributed by atoms with Gasteiger partial charge in [-0.1, -0.05) is 12.1 Å². The molecule has 1 aromatic rings. The van der Waals surface area contributed by atoms with Crippen LogP contribution in [-0.4, -0.2) is 30.4 Å². The second-order valence-electron chi connectivity index (χ2n) is 5.83. The van der Waals surface area contributed by atoms with Gasteiger partial charge in [0.05, 0.1) is 12.6 Å². The van der Waals surface area contributed by atoms with Gasteiger partial charge in [0.1, 0.15) is 5.82 Å². The van der Waals surface area contributed by atoms with Crippen LogP contribution < -0.4 is 5.32 Å². The van der Waals surface area contributed by atoms with Crippen LogP contribution in [0.15, 0.2) is 24.3 Å². The summed E-state index contributed by atoms with van der Waals surface area (Å²) in [4.78, 5) is 14.1. The van der Waals surface area contributed by atoms with E-state index in [1.165, 1.54) is 25.0 Å². The molecule has 1 amide bonds. The van der Waals surface area contributed by atoms with E-state index in [0.717, 1.165) is 11.5 Å². The third kappa shape index (κ3) is 4.04. The standard InChI is InChI=1S/C16H23FN2O/c1-11(13-6-8-15(17)9-7-13)18-16(20)10-19(3)12(2)14-4-5-14/h6-9,11-12,14H,4-5,10H2,1-3H3,(H,18,20). The number of likely N-dealkylation sites (N-methyl/N-ethyl adjacent to an activating group) is 1. The number of nitrogens with one attached hydrogen (secondary N) is 1. The van der Waals surface area contributed by atoms with Crippen LogP contribution in [0, 0.1) is 11.7 Å². The fourth-order valence-electron chi connectivity index (χ4n) is 2.43. The summed E-state index contributed by atoms with van der Waals surface area (Å²) in [6.45, 7) is 4.49. The molecule has 20 heavy (non-hydrogen) atoms. The first-order valence-corrected chi connectivity index (χ1v) is 7.22. The summed E-state index contributed by atoms with van der Waals surface area (Å²) in [5.41, 5.74) is 0.914. The summed E-state index contributed by atoms with van der Waals surface area (Å²) in [6, 6.07) is 6.60. The topological polar surface area (TPSA) is 32.3 Å². The smallest absolute Gasteiger partial charge is 0.234 e. The first-order valence-electron chi connectivity index (χ1n) is 7.22. The molecule has 1 N–H and O–H groups in total. The summed E-state index contributed by atoms with van der Waals surface area (Å²) >= 11 is 0. The van der Waals surface area contributed by atoms with Crippen molar-refractivity contribution in [3.05, 3.63) is 35.6 Å². The van der Waals surface area contributed by atoms with Crippen LogP contribution in [0.3, 0.4) is 0 Å². The van der Waals surface area contributed by atoms with Gasteiger partial charge in [-0.15, -0.1) is 0 Å². The van der Waals surface area contributed by atoms with Gasteiger partial charge < -0.3 is 5.32 Å². The van der Waals surface area contributed by atoms with E-state index >= 15 is 0 Å². The molecule has 0 saturated heterocycles. The predicted octanol–water partition coefficient (Wildman–Crippen LogP) is 2.73. The van der Waals surface area contributed by atoms with Gasteiger partial charge in [-0.25, -0.2) is 4.39 Å². The minimum atomic E-state index is -0.259. The maximum Gasteiger partial charge on any atom is 0.234 e. The van der Waals surface area contributed by atoms with Crippen LogP contribution >= 0.6 is 0 Å². The number of rotatable bonds is 6. The third-order valence-electron chi connectivity index (χ3n) is 4.14. The van der Waals surface area contributed by atoms with Crippen molar-refractivity contribution < 1.29 is 9.18 Å². The van der Waals surface area contributed by atoms with Crippen LogP contribution in [-0.2, 0) is 4.79 Å². The van der Waals surface area contributed by atoms with Gasteiger partial charge in [-0.05, 0) is 57.4 Å². The Labute approximate surface area is 120 Å². The number of nitrogens with zero attached hydrogens (tertiary/aromatic N) is 1. The van der Waals surface area contributed by atoms with E-state index in [9.17, 15) is 9.18 Å². The Balaban J connectivity index is 1.82. The van der Waals surface area contributed by atoms with Gasteiger partial charge in [0.2, 0.25) is 5.91 Å². The lowest BCUT2D eigenvalue weighted by Gasteiger charge is -2.25. The quantitative estimate of drug-likeness (QED) is 0.868. The van der Waals surface area contributed by atoms with Crippen LogP contribution in [0.1, 0.15) is 38.3 Å². The molecule has 1 aliphatic rings. The summed E-state index contributed by atoms with van der Waals surface area (Å²) in [7, 11) is 1.99. The SMILES string of the molecule is CC(NC(=O)CN(C)C(C)C1CC1)c1ccc(F)cc1. The van der Waals surface area contributed by atoms with Crippen LogP contribution in [0.25, 0.3) is 0 Å². The molecule has 1 aliphatic carbocycles. The molecule has 0 aromatic heterocycles. The van der Waals surface area contributed by atoms with E-state index in [0.29, 0.717) is 12.6 Å². The highest BCUT2D eigenvalue weighted by Crippen LogP contribution is 2.34. The zero-order valence-corrected chi connectivity index (χ0v) is 12.4. The molecule has 1 aromatic carbocycles. The normalized spacial score (nSPS) is 17.9. The molecule has 0 radical (unpaired) electrons. The van der Waals surface area contributed by atoms with E-state index in [-0.39, 0.29) is 17.8 Å². The maximum absolute atomic E-state index is 12.9. The van der Waals surface area contributed by atoms with Crippen molar-refractivity contribution in [2.45, 2.75) is 38.8 Å². The van der Waals surface area contributed by atoms with Crippen molar-refractivity contribution in [2.75, 3.05) is 13.6 Å². The monoisotopic (exact) mass is 278 g/mol. The van der Waals surface area contributed by atoms with Crippen LogP contribution in [0.4, 0.5) is 4.39 Å². The molecule has 4 heteroatoms. The molecule has 110 valence electrons. The van der Waals surface area contributed by atoms with Gasteiger partial charge in [0.15, 0.2) is 0 Å². The Bertz CT molecular complexity index is 456. The molecule has 0 heterocycles. The number of halogens is 1. The van der Waals surface area contributed by atoms with E-state index < -0.39 is 0 Å². The molecule has 0 bridgehead atoms. The molecule has 1 saturated carbocycles. The summed E-state index contributed by atoms with van der Waals surface area (Å²) in [6.07, 6.45) is 2.55. The second kappa shape index (κ2) is 6.35. The average molecular weight is 278 g/mol. The number of benzene rings is 1. The number of carbonyl (C=O) groups is 1. The van der Waals surface area contributed by atoms with Crippen molar-refractivity contribution in [2.24, 2.45) is 5.92 Å². The lowest BCUT2D eigenvalue weighted by atomic mass is 10.1. The molecule has 0 spiro atoms. The molecule has 2 unspecified atom stereocenters. The summed E-state index contributed by atoms with van der Waals surface area (Å²) in [5.74, 6) is 0.504. The van der Waals surface area contributed by atoms with Crippen molar-refractivity contribution in [1.82, 2.24) is 10.2 Å². The van der Waals surface area contributed by atoms with Gasteiger partial charge in [-0.2, -0.15) is 0 Å². The van der Waals surface area contributed by atoms with Gasteiger partial charge in [0.25, 0.3) is 0 Å². The first kappa shape index (κ1) is 15.0. The molecular formula is C16H23FN2O. The Morgan fingerprint density at radius 1 is 1.35 bits per heavy atom. The first-order chi connectivity index (χ1) is 9.47. The Morgan fingerprint density at radius 3 is 2.50 bits per heavy atom. The Morgan fingerprint density at radius 2 is 1.95 bits per heavy atom. The molecule has 3 nitrogen and oxygen atoms in total. The minimum Gasteiger partial charge on any atom is -0.348 e. The van der Waals surface area contributed by atoms with Crippen molar-refractivity contribution in [1.29, 1.82) is 0 Å². The van der Waals surface area contributed by atoms with E-state index in [4.69, 9.17) is 0 Å². The molecule has 2 atom stereocenters. The minimum absolute atomic E-state index is 0.0109. The van der Waals surface area contributed by atoms with Crippen LogP contribution in [0.2, 0.25) is 0 Å². The molecule has 2 rings (SSSR count). The summed E-state index contributed by atoms with van der Waals surface area (Å²) in [5, 5.41) is 2.96. The second-order valence-corrected chi connectivity index (χ2v) is 5.83. The van der Waals surface area contributed by atoms with Gasteiger partial charge >= 0.3 is 0 Å². The van der Waals surface area contributed by atoms with Crippen molar-refractivity contribution >= 4 is 5.91 Å². The number of hydrogen-bond donors (Lipinski definition) is 1. The van der Waals surface area contributed by atoms with Gasteiger partial charge in [0, 0.05) is 6.04 Å². The van der Waals surface area contributed by atoms with Crippen LogP contribution in [0.5, 0.6) is 0 Å². The lowest BCUT2D eigenvalue weighted by molar-refractivity contribution is -0.123. The highest BCUT2D eigenvalue weighted by molar-refractivity contribution is 5.78. The highest BCUT2D eigenvalue weighted by Gasteiger charge is 2.31. The number of hydrogen-bond acceptors (Lipinski definition) is 2. The molecular weight excluding hydrogens is 255 g/mol. The van der Waals surface area contributed by atoms with E-state index in [2.05, 4.69) is 17.1 Å². The van der Waals surface area contributed by atoms with Gasteiger partial charge in [-0.3, -0.25) is 9.69 Å². The van der Waals surface area contributed by atoms with E-state index in [1.54, 1.807) is 12.1 Å². The average Bonchev–Trinajstić information content (AvgIpc) is 3.22. The molecule has 0 aliphatic heterocycles. The highest BCUT2D eigenvalue weighted by atomic mass is 19.1. The largest absolute Gasteiger partial charge is 0.348 e. The maximum atomic E-state index is 12.9. The van der Waals surface area contributed by atoms with E-state index in [1.807, 2.05) is 14.0 Å². The number of amides is 1. The van der Waals surface area contributed by atoms with Crippen molar-refractivity contribution in [3.8, 4) is 0 Å². The Kier molecular flexibility index (Phi) is 4.76. The molecule has 1 fully saturated rings. The summed E-state index contributed by atoms with van der Waals surface area (Å²) < 4.78 is 12.9. The predicted molar refractivity (Wildman–Crippen MR) is 77.8 cm³/mol. The fourth-order valence-corrected chi connectivity index (χ4v) is 2.43. The van der Waals surface area contributed by atoms with Crippen molar-refractivity contribution in [3.63, 3.8) is 0 Å².